The number of anilines is 1. The molecule has 1 aliphatic carbocycles. The topological polar surface area (TPSA) is 86.8 Å². The highest BCUT2D eigenvalue weighted by molar-refractivity contribution is 7.92. The molecule has 7 nitrogen and oxygen atoms in total. The first kappa shape index (κ1) is 33.2. The predicted molar refractivity (Wildman–Crippen MR) is 183 cm³/mol. The highest BCUT2D eigenvalue weighted by Gasteiger charge is 2.35. The lowest BCUT2D eigenvalue weighted by Crippen LogP contribution is -2.55. The Morgan fingerprint density at radius 3 is 2.11 bits per heavy atom. The minimum absolute atomic E-state index is 0.0328. The van der Waals surface area contributed by atoms with E-state index in [9.17, 15) is 18.0 Å². The third-order valence-corrected chi connectivity index (χ3v) is 10.4. The fraction of sp³-hybridized carbons (Fsp3) is 0.297. The van der Waals surface area contributed by atoms with Gasteiger partial charge in [0.1, 0.15) is 12.6 Å². The number of halogens is 1. The van der Waals surface area contributed by atoms with Crippen molar-refractivity contribution >= 4 is 39.1 Å². The third-order valence-electron chi connectivity index (χ3n) is 8.40. The molecule has 4 aromatic carbocycles. The van der Waals surface area contributed by atoms with Crippen LogP contribution >= 0.6 is 11.6 Å². The van der Waals surface area contributed by atoms with Crippen molar-refractivity contribution in [3.05, 3.63) is 131 Å². The summed E-state index contributed by atoms with van der Waals surface area (Å²) in [6, 6.07) is 31.0. The van der Waals surface area contributed by atoms with E-state index < -0.39 is 28.5 Å². The molecule has 0 heterocycles. The van der Waals surface area contributed by atoms with Gasteiger partial charge in [-0.25, -0.2) is 8.42 Å². The van der Waals surface area contributed by atoms with Crippen LogP contribution in [0.1, 0.15) is 48.8 Å². The fourth-order valence-corrected chi connectivity index (χ4v) is 7.52. The Morgan fingerprint density at radius 2 is 1.46 bits per heavy atom. The molecule has 0 aromatic heterocycles. The number of para-hydroxylation sites is 1. The molecular formula is C37H40ClN3O4S. The molecule has 0 saturated heterocycles. The number of nitrogens with zero attached hydrogens (tertiary/aromatic N) is 2. The zero-order chi connectivity index (χ0) is 32.5. The van der Waals surface area contributed by atoms with Gasteiger partial charge in [-0.1, -0.05) is 109 Å². The van der Waals surface area contributed by atoms with Gasteiger partial charge in [0.05, 0.1) is 10.6 Å². The van der Waals surface area contributed by atoms with Gasteiger partial charge in [-0.05, 0) is 67.3 Å². The molecule has 0 unspecified atom stereocenters. The second-order valence-electron chi connectivity index (χ2n) is 11.9. The van der Waals surface area contributed by atoms with Gasteiger partial charge in [0.15, 0.2) is 0 Å². The number of aryl methyl sites for hydroxylation is 1. The Morgan fingerprint density at radius 1 is 0.826 bits per heavy atom. The van der Waals surface area contributed by atoms with E-state index in [2.05, 4.69) is 5.32 Å². The average Bonchev–Trinajstić information content (AvgIpc) is 3.06. The molecule has 4 aromatic rings. The summed E-state index contributed by atoms with van der Waals surface area (Å²) in [5, 5.41) is 3.73. The third kappa shape index (κ3) is 8.56. The lowest BCUT2D eigenvalue weighted by atomic mass is 9.94. The summed E-state index contributed by atoms with van der Waals surface area (Å²) in [4.78, 5) is 30.3. The summed E-state index contributed by atoms with van der Waals surface area (Å²) in [5.74, 6) is -0.752. The summed E-state index contributed by atoms with van der Waals surface area (Å²) in [7, 11) is -4.14. The lowest BCUT2D eigenvalue weighted by Gasteiger charge is -2.35. The molecule has 1 atom stereocenters. The molecule has 9 heteroatoms. The highest BCUT2D eigenvalue weighted by Crippen LogP contribution is 2.26. The van der Waals surface area contributed by atoms with Crippen LogP contribution in [0.3, 0.4) is 0 Å². The van der Waals surface area contributed by atoms with Crippen LogP contribution in [-0.2, 0) is 32.6 Å². The quantitative estimate of drug-likeness (QED) is 0.179. The van der Waals surface area contributed by atoms with Crippen molar-refractivity contribution in [1.82, 2.24) is 10.2 Å². The van der Waals surface area contributed by atoms with Crippen LogP contribution in [0.4, 0.5) is 5.69 Å². The van der Waals surface area contributed by atoms with Crippen LogP contribution in [0, 0.1) is 6.92 Å². The Bertz CT molecular complexity index is 1710. The number of benzene rings is 4. The zero-order valence-electron chi connectivity index (χ0n) is 26.0. The molecule has 1 N–H and O–H groups in total. The van der Waals surface area contributed by atoms with Gasteiger partial charge >= 0.3 is 0 Å². The van der Waals surface area contributed by atoms with Crippen molar-refractivity contribution < 1.29 is 18.0 Å². The van der Waals surface area contributed by atoms with E-state index in [0.29, 0.717) is 10.7 Å². The molecule has 0 aliphatic heterocycles. The molecule has 0 radical (unpaired) electrons. The first-order valence-electron chi connectivity index (χ1n) is 15.7. The van der Waals surface area contributed by atoms with Crippen molar-refractivity contribution in [2.75, 3.05) is 10.8 Å². The lowest BCUT2D eigenvalue weighted by molar-refractivity contribution is -0.140. The second kappa shape index (κ2) is 15.4. The summed E-state index contributed by atoms with van der Waals surface area (Å²) in [5.41, 5.74) is 2.89. The zero-order valence-corrected chi connectivity index (χ0v) is 27.6. The van der Waals surface area contributed by atoms with E-state index in [1.54, 1.807) is 72.8 Å². The van der Waals surface area contributed by atoms with E-state index in [0.717, 1.165) is 53.1 Å². The molecule has 1 saturated carbocycles. The molecular weight excluding hydrogens is 618 g/mol. The van der Waals surface area contributed by atoms with Crippen LogP contribution in [0.15, 0.2) is 114 Å². The number of hydrogen-bond acceptors (Lipinski definition) is 4. The van der Waals surface area contributed by atoms with Crippen molar-refractivity contribution in [3.8, 4) is 0 Å². The Balaban J connectivity index is 1.55. The first-order chi connectivity index (χ1) is 22.2. The number of hydrogen-bond donors (Lipinski definition) is 1. The monoisotopic (exact) mass is 657 g/mol. The van der Waals surface area contributed by atoms with Gasteiger partial charge in [0.2, 0.25) is 11.8 Å². The van der Waals surface area contributed by atoms with Crippen LogP contribution in [-0.4, -0.2) is 43.8 Å². The number of sulfonamides is 1. The standard InChI is InChI=1S/C37H40ClN3O4S/c1-28-20-22-34(23-21-28)46(44,45)41(33-18-9-4-10-19-33)27-36(42)40(26-30-14-11-15-31(38)24-30)35(25-29-12-5-2-6-13-29)37(43)39-32-16-7-3-8-17-32/h2,4-6,9-15,18-24,32,35H,3,7-8,16-17,25-27H2,1H3,(H,39,43)/t35-/m0/s1. The molecule has 240 valence electrons. The highest BCUT2D eigenvalue weighted by atomic mass is 35.5. The Hall–Kier alpha value is -4.14. The summed E-state index contributed by atoms with van der Waals surface area (Å²) in [6.45, 7) is 1.46. The van der Waals surface area contributed by atoms with E-state index in [1.807, 2.05) is 43.3 Å². The number of nitrogens with one attached hydrogen (secondary N) is 1. The second-order valence-corrected chi connectivity index (χ2v) is 14.2. The molecule has 46 heavy (non-hydrogen) atoms. The smallest absolute Gasteiger partial charge is 0.264 e. The van der Waals surface area contributed by atoms with E-state index in [4.69, 9.17) is 11.6 Å². The molecule has 1 fully saturated rings. The molecule has 5 rings (SSSR count). The maximum absolute atomic E-state index is 14.6. The van der Waals surface area contributed by atoms with Crippen molar-refractivity contribution in [2.45, 2.75) is 69.0 Å². The van der Waals surface area contributed by atoms with Crippen molar-refractivity contribution in [2.24, 2.45) is 0 Å². The SMILES string of the molecule is Cc1ccc(S(=O)(=O)N(CC(=O)N(Cc2cccc(Cl)c2)[C@@H](Cc2ccccc2)C(=O)NC2CCCCC2)c2ccccc2)cc1. The molecule has 0 bridgehead atoms. The number of amides is 2. The first-order valence-corrected chi connectivity index (χ1v) is 17.6. The predicted octanol–water partition coefficient (Wildman–Crippen LogP) is 6.93. The molecule has 0 spiro atoms. The van der Waals surface area contributed by atoms with Gasteiger partial charge in [0, 0.05) is 24.0 Å². The van der Waals surface area contributed by atoms with Gasteiger partial charge in [-0.15, -0.1) is 0 Å². The number of carbonyl (C=O) groups excluding carboxylic acids is 2. The Kier molecular flexibility index (Phi) is 11.1. The molecule has 1 aliphatic rings. The van der Waals surface area contributed by atoms with Gasteiger partial charge in [-0.2, -0.15) is 0 Å². The normalized spacial score (nSPS) is 14.3. The Labute approximate surface area is 277 Å². The minimum atomic E-state index is -4.14. The number of carbonyl (C=O) groups is 2. The van der Waals surface area contributed by atoms with Crippen molar-refractivity contribution in [3.63, 3.8) is 0 Å². The summed E-state index contributed by atoms with van der Waals surface area (Å²) in [6.07, 6.45) is 5.28. The van der Waals surface area contributed by atoms with E-state index in [-0.39, 0.29) is 29.8 Å². The van der Waals surface area contributed by atoms with Gasteiger partial charge in [-0.3, -0.25) is 13.9 Å². The maximum atomic E-state index is 14.6. The minimum Gasteiger partial charge on any atom is -0.352 e. The maximum Gasteiger partial charge on any atom is 0.264 e. The van der Waals surface area contributed by atoms with Crippen LogP contribution in [0.2, 0.25) is 5.02 Å². The van der Waals surface area contributed by atoms with Crippen molar-refractivity contribution in [1.29, 1.82) is 0 Å². The van der Waals surface area contributed by atoms with Gasteiger partial charge in [0.25, 0.3) is 10.0 Å². The van der Waals surface area contributed by atoms with Crippen LogP contribution in [0.25, 0.3) is 0 Å². The number of rotatable bonds is 12. The van der Waals surface area contributed by atoms with E-state index in [1.165, 1.54) is 4.90 Å². The fourth-order valence-electron chi connectivity index (χ4n) is 5.89. The van der Waals surface area contributed by atoms with Gasteiger partial charge < -0.3 is 10.2 Å². The average molecular weight is 658 g/mol. The summed E-state index contributed by atoms with van der Waals surface area (Å²) < 4.78 is 29.4. The summed E-state index contributed by atoms with van der Waals surface area (Å²) >= 11 is 6.34. The van der Waals surface area contributed by atoms with Crippen LogP contribution in [0.5, 0.6) is 0 Å². The molecule has 2 amide bonds. The van der Waals surface area contributed by atoms with Crippen LogP contribution < -0.4 is 9.62 Å². The van der Waals surface area contributed by atoms with E-state index >= 15 is 0 Å². The largest absolute Gasteiger partial charge is 0.352 e.